The van der Waals surface area contributed by atoms with Gasteiger partial charge in [0.05, 0.1) is 11.1 Å². The maximum atomic E-state index is 11.9. The molecule has 112 valence electrons. The van der Waals surface area contributed by atoms with Crippen molar-refractivity contribution in [3.8, 4) is 0 Å². The summed E-state index contributed by atoms with van der Waals surface area (Å²) in [6.07, 6.45) is -4.87. The molecule has 1 aromatic carbocycles. The minimum Gasteiger partial charge on any atom is -0.347 e. The predicted octanol–water partition coefficient (Wildman–Crippen LogP) is 1.35. The van der Waals surface area contributed by atoms with E-state index in [4.69, 9.17) is 0 Å². The Labute approximate surface area is 117 Å². The highest BCUT2D eigenvalue weighted by Gasteiger charge is 2.35. The number of halogens is 3. The normalized spacial score (nSPS) is 14.3. The summed E-state index contributed by atoms with van der Waals surface area (Å²) in [5, 5.41) is 1.68. The largest absolute Gasteiger partial charge is 0.405 e. The third-order valence-electron chi connectivity index (χ3n) is 2.93. The zero-order valence-electron chi connectivity index (χ0n) is 10.7. The fourth-order valence-electron chi connectivity index (χ4n) is 1.94. The van der Waals surface area contributed by atoms with Crippen LogP contribution in [0.2, 0.25) is 0 Å². The van der Waals surface area contributed by atoms with Crippen molar-refractivity contribution < 1.29 is 27.6 Å². The van der Waals surface area contributed by atoms with Crippen molar-refractivity contribution >= 4 is 17.7 Å². The van der Waals surface area contributed by atoms with E-state index < -0.39 is 30.4 Å². The molecule has 1 aromatic rings. The van der Waals surface area contributed by atoms with Crippen LogP contribution in [-0.4, -0.2) is 41.9 Å². The molecule has 1 heterocycles. The summed E-state index contributed by atoms with van der Waals surface area (Å²) in [6.45, 7) is -1.69. The number of benzene rings is 1. The van der Waals surface area contributed by atoms with Crippen LogP contribution in [0, 0.1) is 0 Å². The number of fused-ring (bicyclic) bond motifs is 1. The second-order valence-electron chi connectivity index (χ2n) is 4.45. The molecule has 0 spiro atoms. The molecule has 0 radical (unpaired) electrons. The average molecular weight is 300 g/mol. The average Bonchev–Trinajstić information content (AvgIpc) is 2.67. The van der Waals surface area contributed by atoms with Gasteiger partial charge in [-0.1, -0.05) is 12.1 Å². The Kier molecular flexibility index (Phi) is 3.97. The lowest BCUT2D eigenvalue weighted by Gasteiger charge is -2.14. The van der Waals surface area contributed by atoms with Gasteiger partial charge >= 0.3 is 6.18 Å². The Morgan fingerprint density at radius 1 is 1.10 bits per heavy atom. The number of hydrogen-bond acceptors (Lipinski definition) is 3. The number of carbonyl (C=O) groups excluding carboxylic acids is 3. The van der Waals surface area contributed by atoms with Crippen molar-refractivity contribution in [3.63, 3.8) is 0 Å². The van der Waals surface area contributed by atoms with Gasteiger partial charge in [-0.2, -0.15) is 13.2 Å². The highest BCUT2D eigenvalue weighted by molar-refractivity contribution is 6.21. The number of imide groups is 1. The fourth-order valence-corrected chi connectivity index (χ4v) is 1.94. The Morgan fingerprint density at radius 2 is 1.62 bits per heavy atom. The maximum absolute atomic E-state index is 11.9. The molecule has 0 fully saturated rings. The lowest BCUT2D eigenvalue weighted by atomic mass is 10.1. The zero-order valence-corrected chi connectivity index (χ0v) is 10.7. The number of alkyl halides is 3. The number of nitrogens with one attached hydrogen (secondary N) is 1. The first-order valence-electron chi connectivity index (χ1n) is 6.08. The van der Waals surface area contributed by atoms with E-state index in [9.17, 15) is 27.6 Å². The minimum atomic E-state index is -4.49. The number of carbonyl (C=O) groups is 3. The lowest BCUT2D eigenvalue weighted by molar-refractivity contribution is -0.138. The van der Waals surface area contributed by atoms with Crippen LogP contribution in [-0.2, 0) is 4.79 Å². The standard InChI is InChI=1S/C13H11F3N2O3/c14-13(15,16)7-17-10(19)5-6-18-11(20)8-3-1-2-4-9(8)12(18)21/h1-4H,5-7H2,(H,17,19). The Morgan fingerprint density at radius 3 is 2.10 bits per heavy atom. The van der Waals surface area contributed by atoms with Gasteiger partial charge in [0, 0.05) is 13.0 Å². The molecule has 21 heavy (non-hydrogen) atoms. The van der Waals surface area contributed by atoms with E-state index in [1.807, 2.05) is 0 Å². The summed E-state index contributed by atoms with van der Waals surface area (Å²) < 4.78 is 35.8. The van der Waals surface area contributed by atoms with Gasteiger partial charge in [0.25, 0.3) is 11.8 Å². The third-order valence-corrected chi connectivity index (χ3v) is 2.93. The van der Waals surface area contributed by atoms with Crippen molar-refractivity contribution in [1.29, 1.82) is 0 Å². The van der Waals surface area contributed by atoms with Crippen molar-refractivity contribution in [1.82, 2.24) is 10.2 Å². The van der Waals surface area contributed by atoms with Crippen molar-refractivity contribution in [2.75, 3.05) is 13.1 Å². The van der Waals surface area contributed by atoms with Crippen LogP contribution in [0.5, 0.6) is 0 Å². The quantitative estimate of drug-likeness (QED) is 0.854. The monoisotopic (exact) mass is 300 g/mol. The van der Waals surface area contributed by atoms with Crippen LogP contribution in [0.1, 0.15) is 27.1 Å². The first-order valence-corrected chi connectivity index (χ1v) is 6.08. The van der Waals surface area contributed by atoms with Crippen LogP contribution in [0.25, 0.3) is 0 Å². The number of amides is 3. The maximum Gasteiger partial charge on any atom is 0.405 e. The molecule has 0 aliphatic carbocycles. The molecule has 1 N–H and O–H groups in total. The van der Waals surface area contributed by atoms with E-state index >= 15 is 0 Å². The van der Waals surface area contributed by atoms with Crippen LogP contribution < -0.4 is 5.32 Å². The van der Waals surface area contributed by atoms with Gasteiger partial charge in [0.1, 0.15) is 6.54 Å². The highest BCUT2D eigenvalue weighted by atomic mass is 19.4. The third kappa shape index (κ3) is 3.39. The van der Waals surface area contributed by atoms with Crippen molar-refractivity contribution in [3.05, 3.63) is 35.4 Å². The van der Waals surface area contributed by atoms with Gasteiger partial charge in [0.2, 0.25) is 5.91 Å². The summed E-state index contributed by atoms with van der Waals surface area (Å²) in [7, 11) is 0. The van der Waals surface area contributed by atoms with E-state index in [0.717, 1.165) is 4.90 Å². The molecular formula is C13H11F3N2O3. The summed E-state index contributed by atoms with van der Waals surface area (Å²) in [4.78, 5) is 36.0. The second kappa shape index (κ2) is 5.55. The van der Waals surface area contributed by atoms with E-state index in [0.29, 0.717) is 0 Å². The van der Waals surface area contributed by atoms with Crippen molar-refractivity contribution in [2.24, 2.45) is 0 Å². The SMILES string of the molecule is O=C(CCN1C(=O)c2ccccc2C1=O)NCC(F)(F)F. The topological polar surface area (TPSA) is 66.5 Å². The van der Waals surface area contributed by atoms with Gasteiger partial charge in [-0.05, 0) is 12.1 Å². The van der Waals surface area contributed by atoms with Gasteiger partial charge in [-0.15, -0.1) is 0 Å². The summed E-state index contributed by atoms with van der Waals surface area (Å²) in [5.74, 6) is -1.96. The molecule has 0 unspecified atom stereocenters. The highest BCUT2D eigenvalue weighted by Crippen LogP contribution is 2.22. The second-order valence-corrected chi connectivity index (χ2v) is 4.45. The van der Waals surface area contributed by atoms with Crippen LogP contribution in [0.4, 0.5) is 13.2 Å². The molecule has 0 bridgehead atoms. The van der Waals surface area contributed by atoms with Gasteiger partial charge in [-0.25, -0.2) is 0 Å². The van der Waals surface area contributed by atoms with Crippen LogP contribution in [0.15, 0.2) is 24.3 Å². The number of nitrogens with zero attached hydrogens (tertiary/aromatic N) is 1. The number of hydrogen-bond donors (Lipinski definition) is 1. The first kappa shape index (κ1) is 15.0. The van der Waals surface area contributed by atoms with E-state index in [2.05, 4.69) is 0 Å². The minimum absolute atomic E-state index is 0.234. The Balaban J connectivity index is 1.92. The van der Waals surface area contributed by atoms with Crippen LogP contribution in [0.3, 0.4) is 0 Å². The van der Waals surface area contributed by atoms with Crippen LogP contribution >= 0.6 is 0 Å². The van der Waals surface area contributed by atoms with E-state index in [1.165, 1.54) is 12.1 Å². The molecule has 0 aromatic heterocycles. The molecule has 1 aliphatic heterocycles. The molecule has 0 saturated carbocycles. The van der Waals surface area contributed by atoms with E-state index in [1.54, 1.807) is 17.4 Å². The lowest BCUT2D eigenvalue weighted by Crippen LogP contribution is -2.37. The zero-order chi connectivity index (χ0) is 15.6. The Hall–Kier alpha value is -2.38. The van der Waals surface area contributed by atoms with Crippen molar-refractivity contribution in [2.45, 2.75) is 12.6 Å². The summed E-state index contributed by atoms with van der Waals surface area (Å²) in [5.41, 5.74) is 0.469. The van der Waals surface area contributed by atoms with Gasteiger partial charge in [-0.3, -0.25) is 19.3 Å². The van der Waals surface area contributed by atoms with Gasteiger partial charge in [0.15, 0.2) is 0 Å². The molecule has 8 heteroatoms. The summed E-state index contributed by atoms with van der Waals surface area (Å²) in [6, 6.07) is 6.17. The Bertz CT molecular complexity index is 564. The molecule has 5 nitrogen and oxygen atoms in total. The number of rotatable bonds is 4. The molecule has 0 atom stereocenters. The molecular weight excluding hydrogens is 289 g/mol. The molecule has 0 saturated heterocycles. The smallest absolute Gasteiger partial charge is 0.347 e. The molecule has 1 aliphatic rings. The molecule has 2 rings (SSSR count). The van der Waals surface area contributed by atoms with Gasteiger partial charge < -0.3 is 5.32 Å². The summed E-state index contributed by atoms with van der Waals surface area (Å²) >= 11 is 0. The molecule has 3 amide bonds. The predicted molar refractivity (Wildman–Crippen MR) is 65.5 cm³/mol. The van der Waals surface area contributed by atoms with E-state index in [-0.39, 0.29) is 24.1 Å². The fraction of sp³-hybridized carbons (Fsp3) is 0.308. The first-order chi connectivity index (χ1) is 9.79.